The van der Waals surface area contributed by atoms with Gasteiger partial charge in [-0.25, -0.2) is 9.97 Å². The van der Waals surface area contributed by atoms with Crippen molar-refractivity contribution in [1.29, 1.82) is 0 Å². The van der Waals surface area contributed by atoms with Crippen LogP contribution in [-0.2, 0) is 11.2 Å². The highest BCUT2D eigenvalue weighted by Crippen LogP contribution is 2.26. The molecule has 28 heavy (non-hydrogen) atoms. The van der Waals surface area contributed by atoms with Gasteiger partial charge in [0.1, 0.15) is 5.82 Å². The van der Waals surface area contributed by atoms with Gasteiger partial charge >= 0.3 is 0 Å². The van der Waals surface area contributed by atoms with E-state index in [0.717, 1.165) is 36.3 Å². The van der Waals surface area contributed by atoms with Gasteiger partial charge in [-0.05, 0) is 24.5 Å². The summed E-state index contributed by atoms with van der Waals surface area (Å²) in [5.74, 6) is 2.36. The molecule has 3 aromatic rings. The zero-order valence-corrected chi connectivity index (χ0v) is 15.8. The third-order valence-corrected chi connectivity index (χ3v) is 5.06. The lowest BCUT2D eigenvalue weighted by molar-refractivity contribution is -0.131. The van der Waals surface area contributed by atoms with E-state index in [1.54, 1.807) is 13.3 Å². The first-order valence-electron chi connectivity index (χ1n) is 9.47. The molecule has 1 amide bonds. The first-order chi connectivity index (χ1) is 13.7. The number of pyridine rings is 1. The van der Waals surface area contributed by atoms with Gasteiger partial charge < -0.3 is 9.64 Å². The van der Waals surface area contributed by atoms with E-state index >= 15 is 0 Å². The number of rotatable bonds is 5. The van der Waals surface area contributed by atoms with Crippen LogP contribution in [0.1, 0.15) is 30.1 Å². The molecule has 0 spiro atoms. The predicted molar refractivity (Wildman–Crippen MR) is 105 cm³/mol. The van der Waals surface area contributed by atoms with E-state index < -0.39 is 0 Å². The lowest BCUT2D eigenvalue weighted by atomic mass is 9.97. The highest BCUT2D eigenvalue weighted by atomic mass is 16.5. The SMILES string of the molecule is COc1cc(CC(=O)N2CCCC(c3nc(-c4ccccc4)n[nH]3)C2)ccn1. The number of carbonyl (C=O) groups is 1. The maximum atomic E-state index is 12.8. The maximum absolute atomic E-state index is 12.8. The van der Waals surface area contributed by atoms with E-state index in [1.165, 1.54) is 0 Å². The Balaban J connectivity index is 1.43. The summed E-state index contributed by atoms with van der Waals surface area (Å²) in [5.41, 5.74) is 1.89. The first kappa shape index (κ1) is 18.2. The minimum atomic E-state index is 0.112. The minimum Gasteiger partial charge on any atom is -0.481 e. The third-order valence-electron chi connectivity index (χ3n) is 5.06. The highest BCUT2D eigenvalue weighted by Gasteiger charge is 2.27. The van der Waals surface area contributed by atoms with Crippen molar-refractivity contribution in [2.75, 3.05) is 20.2 Å². The van der Waals surface area contributed by atoms with Crippen LogP contribution in [0.3, 0.4) is 0 Å². The largest absolute Gasteiger partial charge is 0.481 e. The smallest absolute Gasteiger partial charge is 0.227 e. The molecular formula is C21H23N5O2. The van der Waals surface area contributed by atoms with Crippen LogP contribution in [0.4, 0.5) is 0 Å². The number of H-pyrrole nitrogens is 1. The fourth-order valence-electron chi connectivity index (χ4n) is 3.56. The Morgan fingerprint density at radius 3 is 2.96 bits per heavy atom. The number of ether oxygens (including phenoxy) is 1. The van der Waals surface area contributed by atoms with Crippen molar-refractivity contribution < 1.29 is 9.53 Å². The second-order valence-electron chi connectivity index (χ2n) is 6.97. The van der Waals surface area contributed by atoms with E-state index in [2.05, 4.69) is 20.2 Å². The summed E-state index contributed by atoms with van der Waals surface area (Å²) in [6, 6.07) is 13.6. The summed E-state index contributed by atoms with van der Waals surface area (Å²) in [4.78, 5) is 23.5. The molecule has 7 heteroatoms. The van der Waals surface area contributed by atoms with Crippen molar-refractivity contribution in [2.45, 2.75) is 25.2 Å². The number of benzene rings is 1. The van der Waals surface area contributed by atoms with Gasteiger partial charge in [-0.15, -0.1) is 0 Å². The van der Waals surface area contributed by atoms with Crippen LogP contribution in [-0.4, -0.2) is 51.2 Å². The zero-order chi connectivity index (χ0) is 19.3. The number of likely N-dealkylation sites (tertiary alicyclic amines) is 1. The lowest BCUT2D eigenvalue weighted by Gasteiger charge is -2.31. The Labute approximate surface area is 163 Å². The van der Waals surface area contributed by atoms with Gasteiger partial charge in [-0.3, -0.25) is 9.89 Å². The molecule has 1 aromatic carbocycles. The topological polar surface area (TPSA) is 84.0 Å². The summed E-state index contributed by atoms with van der Waals surface area (Å²) in [6.45, 7) is 1.43. The molecule has 1 saturated heterocycles. The number of hydrogen-bond donors (Lipinski definition) is 1. The number of methoxy groups -OCH3 is 1. The van der Waals surface area contributed by atoms with Gasteiger partial charge in [0.15, 0.2) is 5.82 Å². The number of piperidine rings is 1. The zero-order valence-electron chi connectivity index (χ0n) is 15.8. The van der Waals surface area contributed by atoms with Gasteiger partial charge in [0.05, 0.1) is 13.5 Å². The van der Waals surface area contributed by atoms with Crippen LogP contribution in [0.25, 0.3) is 11.4 Å². The Bertz CT molecular complexity index is 941. The monoisotopic (exact) mass is 377 g/mol. The van der Waals surface area contributed by atoms with Gasteiger partial charge in [0, 0.05) is 36.8 Å². The average molecular weight is 377 g/mol. The highest BCUT2D eigenvalue weighted by molar-refractivity contribution is 5.79. The van der Waals surface area contributed by atoms with Crippen LogP contribution < -0.4 is 4.74 Å². The molecule has 1 unspecified atom stereocenters. The molecule has 0 bridgehead atoms. The molecule has 3 heterocycles. The number of aromatic nitrogens is 4. The standard InChI is InChI=1S/C21H23N5O2/c1-28-18-12-15(9-10-22-18)13-19(27)26-11-5-8-17(14-26)21-23-20(24-25-21)16-6-3-2-4-7-16/h2-4,6-7,9-10,12,17H,5,8,11,13-14H2,1H3,(H,23,24,25). The predicted octanol–water partition coefficient (Wildman–Crippen LogP) is 2.82. The number of aromatic amines is 1. The van der Waals surface area contributed by atoms with Crippen LogP contribution in [0.5, 0.6) is 5.88 Å². The Kier molecular flexibility index (Phi) is 5.32. The summed E-state index contributed by atoms with van der Waals surface area (Å²) >= 11 is 0. The van der Waals surface area contributed by atoms with Crippen LogP contribution in [0.2, 0.25) is 0 Å². The number of nitrogens with zero attached hydrogens (tertiary/aromatic N) is 4. The van der Waals surface area contributed by atoms with E-state index in [9.17, 15) is 4.79 Å². The van der Waals surface area contributed by atoms with E-state index in [1.807, 2.05) is 47.4 Å². The summed E-state index contributed by atoms with van der Waals surface area (Å²) < 4.78 is 5.14. The molecule has 1 aliphatic heterocycles. The molecule has 144 valence electrons. The van der Waals surface area contributed by atoms with Gasteiger partial charge in [-0.1, -0.05) is 30.3 Å². The third kappa shape index (κ3) is 4.03. The fraction of sp³-hybridized carbons (Fsp3) is 0.333. The van der Waals surface area contributed by atoms with Crippen LogP contribution in [0, 0.1) is 0 Å². The normalized spacial score (nSPS) is 16.8. The van der Waals surface area contributed by atoms with Crippen LogP contribution in [0.15, 0.2) is 48.7 Å². The first-order valence-corrected chi connectivity index (χ1v) is 9.47. The fourth-order valence-corrected chi connectivity index (χ4v) is 3.56. The molecule has 1 aliphatic rings. The number of carbonyl (C=O) groups excluding carboxylic acids is 1. The quantitative estimate of drug-likeness (QED) is 0.739. The summed E-state index contributed by atoms with van der Waals surface area (Å²) in [6.07, 6.45) is 3.96. The van der Waals surface area contributed by atoms with Crippen LogP contribution >= 0.6 is 0 Å². The van der Waals surface area contributed by atoms with Gasteiger partial charge in [0.25, 0.3) is 0 Å². The molecule has 0 saturated carbocycles. The van der Waals surface area contributed by atoms with Crippen molar-refractivity contribution in [3.8, 4) is 17.3 Å². The molecule has 4 rings (SSSR count). The lowest BCUT2D eigenvalue weighted by Crippen LogP contribution is -2.40. The maximum Gasteiger partial charge on any atom is 0.227 e. The summed E-state index contributed by atoms with van der Waals surface area (Å²) in [5, 5.41) is 7.43. The molecule has 1 atom stereocenters. The van der Waals surface area contributed by atoms with E-state index in [-0.39, 0.29) is 11.8 Å². The Morgan fingerprint density at radius 2 is 2.14 bits per heavy atom. The number of hydrogen-bond acceptors (Lipinski definition) is 5. The number of amides is 1. The molecule has 0 aliphatic carbocycles. The second kappa shape index (κ2) is 8.21. The molecule has 7 nitrogen and oxygen atoms in total. The molecule has 2 aromatic heterocycles. The molecule has 1 fully saturated rings. The Hall–Kier alpha value is -3.22. The van der Waals surface area contributed by atoms with Gasteiger partial charge in [0.2, 0.25) is 11.8 Å². The Morgan fingerprint density at radius 1 is 1.29 bits per heavy atom. The summed E-state index contributed by atoms with van der Waals surface area (Å²) in [7, 11) is 1.57. The van der Waals surface area contributed by atoms with E-state index in [0.29, 0.717) is 24.7 Å². The van der Waals surface area contributed by atoms with E-state index in [4.69, 9.17) is 4.74 Å². The molecule has 0 radical (unpaired) electrons. The second-order valence-corrected chi connectivity index (χ2v) is 6.97. The average Bonchev–Trinajstić information content (AvgIpc) is 3.25. The van der Waals surface area contributed by atoms with Gasteiger partial charge in [-0.2, -0.15) is 5.10 Å². The minimum absolute atomic E-state index is 0.112. The molecular weight excluding hydrogens is 354 g/mol. The molecule has 1 N–H and O–H groups in total. The van der Waals surface area contributed by atoms with Crippen molar-refractivity contribution in [1.82, 2.24) is 25.1 Å². The number of nitrogens with one attached hydrogen (secondary N) is 1. The van der Waals surface area contributed by atoms with Crippen molar-refractivity contribution in [3.63, 3.8) is 0 Å². The van der Waals surface area contributed by atoms with Crippen molar-refractivity contribution in [2.24, 2.45) is 0 Å². The van der Waals surface area contributed by atoms with Crippen molar-refractivity contribution in [3.05, 3.63) is 60.0 Å². The van der Waals surface area contributed by atoms with Crippen molar-refractivity contribution >= 4 is 5.91 Å².